The molecule has 1 heterocycles. The smallest absolute Gasteiger partial charge is 0.220 e. The molecule has 1 saturated heterocycles. The Bertz CT molecular complexity index is 294. The van der Waals surface area contributed by atoms with Crippen molar-refractivity contribution >= 4 is 5.91 Å². The van der Waals surface area contributed by atoms with Gasteiger partial charge in [-0.3, -0.25) is 4.79 Å². The molecule has 1 unspecified atom stereocenters. The zero-order valence-corrected chi connectivity index (χ0v) is 14.2. The summed E-state index contributed by atoms with van der Waals surface area (Å²) in [7, 11) is 0. The Morgan fingerprint density at radius 1 is 1.38 bits per heavy atom. The van der Waals surface area contributed by atoms with Crippen LogP contribution in [0.4, 0.5) is 0 Å². The van der Waals surface area contributed by atoms with Crippen LogP contribution in [-0.2, 0) is 4.79 Å². The van der Waals surface area contributed by atoms with Gasteiger partial charge < -0.3 is 16.0 Å². The molecule has 0 radical (unpaired) electrons. The fourth-order valence-corrected chi connectivity index (χ4v) is 3.26. The van der Waals surface area contributed by atoms with Crippen LogP contribution >= 0.6 is 0 Å². The van der Waals surface area contributed by atoms with Crippen molar-refractivity contribution < 1.29 is 4.79 Å². The lowest BCUT2D eigenvalue weighted by molar-refractivity contribution is -0.122. The van der Waals surface area contributed by atoms with Crippen LogP contribution in [0.2, 0.25) is 0 Å². The predicted octanol–water partition coefficient (Wildman–Crippen LogP) is 2.38. The highest BCUT2D eigenvalue weighted by Crippen LogP contribution is 2.16. The van der Waals surface area contributed by atoms with Gasteiger partial charge in [0, 0.05) is 25.6 Å². The first kappa shape index (κ1) is 18.4. The summed E-state index contributed by atoms with van der Waals surface area (Å²) in [6.07, 6.45) is 6.67. The summed E-state index contributed by atoms with van der Waals surface area (Å²) in [4.78, 5) is 14.5. The average molecular weight is 297 g/mol. The first-order valence-electron chi connectivity index (χ1n) is 8.73. The largest absolute Gasteiger partial charge is 0.356 e. The second kappa shape index (κ2) is 10.2. The molecule has 3 N–H and O–H groups in total. The van der Waals surface area contributed by atoms with Crippen LogP contribution in [0.15, 0.2) is 0 Å². The number of hydrogen-bond acceptors (Lipinski definition) is 3. The SMILES string of the molecule is CC(C)C[C@H](CN)CC(=O)NCCCN1CCCCC1C. The van der Waals surface area contributed by atoms with Crippen LogP contribution in [0.1, 0.15) is 59.3 Å². The van der Waals surface area contributed by atoms with Crippen molar-refractivity contribution in [1.29, 1.82) is 0 Å². The standard InChI is InChI=1S/C17H35N3O/c1-14(2)11-16(13-18)12-17(21)19-8-6-10-20-9-5-4-7-15(20)3/h14-16H,4-13,18H2,1-3H3,(H,19,21)/t15?,16-/m0/s1. The Kier molecular flexibility index (Phi) is 8.93. The summed E-state index contributed by atoms with van der Waals surface area (Å²) < 4.78 is 0. The molecule has 1 fully saturated rings. The van der Waals surface area contributed by atoms with Gasteiger partial charge in [-0.15, -0.1) is 0 Å². The molecule has 0 aromatic rings. The number of rotatable bonds is 9. The second-order valence-corrected chi connectivity index (χ2v) is 7.02. The van der Waals surface area contributed by atoms with E-state index in [9.17, 15) is 4.79 Å². The number of hydrogen-bond donors (Lipinski definition) is 2. The topological polar surface area (TPSA) is 58.4 Å². The summed E-state index contributed by atoms with van der Waals surface area (Å²) in [6.45, 7) is 10.4. The molecule has 4 heteroatoms. The van der Waals surface area contributed by atoms with E-state index in [1.807, 2.05) is 0 Å². The summed E-state index contributed by atoms with van der Waals surface area (Å²) in [6, 6.07) is 0.710. The molecule has 21 heavy (non-hydrogen) atoms. The van der Waals surface area contributed by atoms with Crippen molar-refractivity contribution in [1.82, 2.24) is 10.2 Å². The molecule has 124 valence electrons. The molecule has 0 bridgehead atoms. The van der Waals surface area contributed by atoms with Gasteiger partial charge in [-0.1, -0.05) is 20.3 Å². The Morgan fingerprint density at radius 3 is 2.76 bits per heavy atom. The van der Waals surface area contributed by atoms with Crippen LogP contribution in [0.5, 0.6) is 0 Å². The third-order valence-electron chi connectivity index (χ3n) is 4.50. The van der Waals surface area contributed by atoms with E-state index in [2.05, 4.69) is 31.0 Å². The van der Waals surface area contributed by atoms with Gasteiger partial charge in [-0.05, 0) is 57.5 Å². The Hall–Kier alpha value is -0.610. The van der Waals surface area contributed by atoms with E-state index < -0.39 is 0 Å². The maximum atomic E-state index is 11.9. The molecule has 0 saturated carbocycles. The minimum atomic E-state index is 0.165. The third kappa shape index (κ3) is 7.82. The molecular formula is C17H35N3O. The summed E-state index contributed by atoms with van der Waals surface area (Å²) in [5, 5.41) is 3.05. The van der Waals surface area contributed by atoms with E-state index in [-0.39, 0.29) is 5.91 Å². The van der Waals surface area contributed by atoms with E-state index in [1.165, 1.54) is 25.8 Å². The molecule has 1 amide bonds. The molecule has 4 nitrogen and oxygen atoms in total. The fourth-order valence-electron chi connectivity index (χ4n) is 3.26. The van der Waals surface area contributed by atoms with Crippen molar-refractivity contribution in [2.75, 3.05) is 26.2 Å². The number of nitrogens with one attached hydrogen (secondary N) is 1. The lowest BCUT2D eigenvalue weighted by Gasteiger charge is -2.33. The van der Waals surface area contributed by atoms with Crippen molar-refractivity contribution in [3.05, 3.63) is 0 Å². The monoisotopic (exact) mass is 297 g/mol. The third-order valence-corrected chi connectivity index (χ3v) is 4.50. The minimum absolute atomic E-state index is 0.165. The number of nitrogens with zero attached hydrogens (tertiary/aromatic N) is 1. The summed E-state index contributed by atoms with van der Waals surface area (Å²) in [5.74, 6) is 1.09. The Morgan fingerprint density at radius 2 is 2.14 bits per heavy atom. The number of nitrogens with two attached hydrogens (primary N) is 1. The van der Waals surface area contributed by atoms with Gasteiger partial charge in [-0.25, -0.2) is 0 Å². The zero-order chi connectivity index (χ0) is 15.7. The molecule has 1 rings (SSSR count). The van der Waals surface area contributed by atoms with E-state index in [4.69, 9.17) is 5.73 Å². The van der Waals surface area contributed by atoms with Crippen molar-refractivity contribution in [2.45, 2.75) is 65.3 Å². The van der Waals surface area contributed by atoms with Gasteiger partial charge in [-0.2, -0.15) is 0 Å². The zero-order valence-electron chi connectivity index (χ0n) is 14.2. The van der Waals surface area contributed by atoms with Gasteiger partial charge in [0.25, 0.3) is 0 Å². The first-order valence-corrected chi connectivity index (χ1v) is 8.73. The van der Waals surface area contributed by atoms with Gasteiger partial charge in [0.2, 0.25) is 5.91 Å². The molecular weight excluding hydrogens is 262 g/mol. The van der Waals surface area contributed by atoms with Gasteiger partial charge in [0.15, 0.2) is 0 Å². The Balaban J connectivity index is 2.12. The lowest BCUT2D eigenvalue weighted by Crippen LogP contribution is -2.39. The quantitative estimate of drug-likeness (QED) is 0.642. The summed E-state index contributed by atoms with van der Waals surface area (Å²) >= 11 is 0. The highest BCUT2D eigenvalue weighted by atomic mass is 16.1. The molecule has 0 spiro atoms. The van der Waals surface area contributed by atoms with Gasteiger partial charge >= 0.3 is 0 Å². The van der Waals surface area contributed by atoms with Crippen LogP contribution in [0, 0.1) is 11.8 Å². The van der Waals surface area contributed by atoms with Crippen LogP contribution in [-0.4, -0.2) is 43.0 Å². The van der Waals surface area contributed by atoms with E-state index >= 15 is 0 Å². The average Bonchev–Trinajstić information content (AvgIpc) is 2.44. The molecule has 1 aliphatic rings. The van der Waals surface area contributed by atoms with Crippen LogP contribution < -0.4 is 11.1 Å². The number of carbonyl (C=O) groups is 1. The van der Waals surface area contributed by atoms with E-state index in [1.54, 1.807) is 0 Å². The number of carbonyl (C=O) groups excluding carboxylic acids is 1. The van der Waals surface area contributed by atoms with Crippen molar-refractivity contribution in [2.24, 2.45) is 17.6 Å². The van der Waals surface area contributed by atoms with Crippen LogP contribution in [0.25, 0.3) is 0 Å². The van der Waals surface area contributed by atoms with Crippen LogP contribution in [0.3, 0.4) is 0 Å². The maximum absolute atomic E-state index is 11.9. The fraction of sp³-hybridized carbons (Fsp3) is 0.941. The van der Waals surface area contributed by atoms with Gasteiger partial charge in [0.05, 0.1) is 0 Å². The minimum Gasteiger partial charge on any atom is -0.356 e. The maximum Gasteiger partial charge on any atom is 0.220 e. The number of likely N-dealkylation sites (tertiary alicyclic amines) is 1. The van der Waals surface area contributed by atoms with Gasteiger partial charge in [0.1, 0.15) is 0 Å². The summed E-state index contributed by atoms with van der Waals surface area (Å²) in [5.41, 5.74) is 5.75. The van der Waals surface area contributed by atoms with E-state index in [0.29, 0.717) is 30.8 Å². The lowest BCUT2D eigenvalue weighted by atomic mass is 9.94. The first-order chi connectivity index (χ1) is 10.0. The molecule has 0 aliphatic carbocycles. The van der Waals surface area contributed by atoms with E-state index in [0.717, 1.165) is 25.9 Å². The Labute approximate surface area is 130 Å². The molecule has 2 atom stereocenters. The highest BCUT2D eigenvalue weighted by Gasteiger charge is 2.17. The normalized spacial score (nSPS) is 21.5. The molecule has 0 aromatic carbocycles. The number of piperidine rings is 1. The second-order valence-electron chi connectivity index (χ2n) is 7.02. The van der Waals surface area contributed by atoms with Crippen molar-refractivity contribution in [3.8, 4) is 0 Å². The molecule has 1 aliphatic heterocycles. The predicted molar refractivity (Wildman–Crippen MR) is 89.1 cm³/mol. The van der Waals surface area contributed by atoms with Crippen molar-refractivity contribution in [3.63, 3.8) is 0 Å². The highest BCUT2D eigenvalue weighted by molar-refractivity contribution is 5.76. The number of amides is 1. The molecule has 0 aromatic heterocycles.